The molecule has 0 amide bonds. The zero-order chi connectivity index (χ0) is 15.3. The fourth-order valence-electron chi connectivity index (χ4n) is 1.97. The van der Waals surface area contributed by atoms with Gasteiger partial charge in [0.05, 0.1) is 4.90 Å². The van der Waals surface area contributed by atoms with E-state index < -0.39 is 10.0 Å². The maximum atomic E-state index is 12.2. The summed E-state index contributed by atoms with van der Waals surface area (Å²) >= 11 is 0. The van der Waals surface area contributed by atoms with Crippen LogP contribution in [-0.2, 0) is 10.0 Å². The Morgan fingerprint density at radius 3 is 2.10 bits per heavy atom. The van der Waals surface area contributed by atoms with Crippen molar-refractivity contribution in [2.75, 3.05) is 18.5 Å². The van der Waals surface area contributed by atoms with Crippen LogP contribution in [0.4, 0.5) is 5.69 Å². The molecule has 112 valence electrons. The second kappa shape index (κ2) is 6.74. The highest BCUT2D eigenvalue weighted by atomic mass is 32.2. The quantitative estimate of drug-likeness (QED) is 0.892. The van der Waals surface area contributed by atoms with Gasteiger partial charge in [-0.15, -0.1) is 0 Å². The van der Waals surface area contributed by atoms with E-state index >= 15 is 0 Å². The minimum atomic E-state index is -3.45. The Morgan fingerprint density at radius 2 is 1.52 bits per heavy atom. The third kappa shape index (κ3) is 4.06. The average molecular weight is 304 g/mol. The highest BCUT2D eigenvalue weighted by molar-refractivity contribution is 7.89. The Balaban J connectivity index is 2.00. The SMILES string of the molecule is CC(CNS(=O)(=O)c1ccccc1)N(C)c1ccccc1. The zero-order valence-corrected chi connectivity index (χ0v) is 13.0. The summed E-state index contributed by atoms with van der Waals surface area (Å²) in [5.74, 6) is 0. The summed E-state index contributed by atoms with van der Waals surface area (Å²) < 4.78 is 27.0. The number of hydrogen-bond acceptors (Lipinski definition) is 3. The number of hydrogen-bond donors (Lipinski definition) is 1. The van der Waals surface area contributed by atoms with Crippen molar-refractivity contribution in [1.29, 1.82) is 0 Å². The molecule has 0 aliphatic heterocycles. The topological polar surface area (TPSA) is 49.4 Å². The van der Waals surface area contributed by atoms with Gasteiger partial charge >= 0.3 is 0 Å². The normalized spacial score (nSPS) is 12.9. The van der Waals surface area contributed by atoms with E-state index in [1.54, 1.807) is 30.3 Å². The van der Waals surface area contributed by atoms with Crippen molar-refractivity contribution >= 4 is 15.7 Å². The lowest BCUT2D eigenvalue weighted by atomic mass is 10.2. The van der Waals surface area contributed by atoms with E-state index in [-0.39, 0.29) is 6.04 Å². The number of nitrogens with one attached hydrogen (secondary N) is 1. The van der Waals surface area contributed by atoms with Crippen LogP contribution in [-0.4, -0.2) is 28.1 Å². The number of nitrogens with zero attached hydrogens (tertiary/aromatic N) is 1. The summed E-state index contributed by atoms with van der Waals surface area (Å²) in [6.07, 6.45) is 0. The molecular formula is C16H20N2O2S. The molecule has 0 bridgehead atoms. The molecule has 0 aliphatic carbocycles. The van der Waals surface area contributed by atoms with E-state index in [1.165, 1.54) is 0 Å². The predicted molar refractivity (Wildman–Crippen MR) is 85.9 cm³/mol. The highest BCUT2D eigenvalue weighted by Crippen LogP contribution is 2.14. The van der Waals surface area contributed by atoms with Gasteiger partial charge in [0, 0.05) is 25.3 Å². The molecule has 0 saturated heterocycles. The molecule has 1 atom stereocenters. The third-order valence-corrected chi connectivity index (χ3v) is 4.89. The minimum Gasteiger partial charge on any atom is -0.371 e. The maximum absolute atomic E-state index is 12.2. The lowest BCUT2D eigenvalue weighted by Crippen LogP contribution is -2.40. The molecule has 4 nitrogen and oxygen atoms in total. The molecule has 2 aromatic rings. The van der Waals surface area contributed by atoms with Gasteiger partial charge in [-0.25, -0.2) is 13.1 Å². The van der Waals surface area contributed by atoms with Crippen molar-refractivity contribution in [3.05, 3.63) is 60.7 Å². The lowest BCUT2D eigenvalue weighted by molar-refractivity contribution is 0.570. The molecule has 0 heterocycles. The smallest absolute Gasteiger partial charge is 0.240 e. The Kier molecular flexibility index (Phi) is 4.98. The van der Waals surface area contributed by atoms with Gasteiger partial charge in [-0.3, -0.25) is 0 Å². The highest BCUT2D eigenvalue weighted by Gasteiger charge is 2.16. The van der Waals surface area contributed by atoms with Crippen LogP contribution in [0.15, 0.2) is 65.6 Å². The summed E-state index contributed by atoms with van der Waals surface area (Å²) in [6.45, 7) is 2.34. The molecule has 2 aromatic carbocycles. The van der Waals surface area contributed by atoms with E-state index in [0.717, 1.165) is 5.69 Å². The largest absolute Gasteiger partial charge is 0.371 e. The summed E-state index contributed by atoms with van der Waals surface area (Å²) in [5, 5.41) is 0. The van der Waals surface area contributed by atoms with Crippen molar-refractivity contribution in [3.63, 3.8) is 0 Å². The Bertz CT molecular complexity index is 657. The second-order valence-electron chi connectivity index (χ2n) is 4.96. The molecule has 0 fully saturated rings. The number of sulfonamides is 1. The molecule has 1 N–H and O–H groups in total. The fourth-order valence-corrected chi connectivity index (χ4v) is 3.11. The molecule has 1 unspecified atom stereocenters. The van der Waals surface area contributed by atoms with Crippen molar-refractivity contribution in [2.45, 2.75) is 17.9 Å². The molecule has 0 radical (unpaired) electrons. The number of anilines is 1. The summed E-state index contributed by atoms with van der Waals surface area (Å²) in [4.78, 5) is 2.34. The van der Waals surface area contributed by atoms with Crippen LogP contribution in [0.3, 0.4) is 0 Å². The van der Waals surface area contributed by atoms with Crippen molar-refractivity contribution < 1.29 is 8.42 Å². The van der Waals surface area contributed by atoms with Crippen molar-refractivity contribution in [2.24, 2.45) is 0 Å². The maximum Gasteiger partial charge on any atom is 0.240 e. The van der Waals surface area contributed by atoms with E-state index in [1.807, 2.05) is 49.2 Å². The molecular weight excluding hydrogens is 284 g/mol. The Labute approximate surface area is 126 Å². The standard InChI is InChI=1S/C16H20N2O2S/c1-14(18(2)15-9-5-3-6-10-15)13-17-21(19,20)16-11-7-4-8-12-16/h3-12,14,17H,13H2,1-2H3. The van der Waals surface area contributed by atoms with E-state index in [2.05, 4.69) is 4.72 Å². The first kappa shape index (κ1) is 15.5. The molecule has 21 heavy (non-hydrogen) atoms. The van der Waals surface area contributed by atoms with Crippen LogP contribution >= 0.6 is 0 Å². The van der Waals surface area contributed by atoms with Crippen molar-refractivity contribution in [1.82, 2.24) is 4.72 Å². The Hall–Kier alpha value is -1.85. The van der Waals surface area contributed by atoms with E-state index in [9.17, 15) is 8.42 Å². The van der Waals surface area contributed by atoms with Gasteiger partial charge in [0.15, 0.2) is 0 Å². The van der Waals surface area contributed by atoms with Gasteiger partial charge in [-0.1, -0.05) is 36.4 Å². The summed E-state index contributed by atoms with van der Waals surface area (Å²) in [6, 6.07) is 18.4. The van der Waals surface area contributed by atoms with Crippen LogP contribution in [0.2, 0.25) is 0 Å². The molecule has 2 rings (SSSR count). The summed E-state index contributed by atoms with van der Waals surface area (Å²) in [7, 11) is -1.49. The van der Waals surface area contributed by atoms with E-state index in [0.29, 0.717) is 11.4 Å². The number of likely N-dealkylation sites (N-methyl/N-ethyl adjacent to an activating group) is 1. The second-order valence-corrected chi connectivity index (χ2v) is 6.73. The van der Waals surface area contributed by atoms with Crippen LogP contribution in [0.5, 0.6) is 0 Å². The third-order valence-electron chi connectivity index (χ3n) is 3.45. The van der Waals surface area contributed by atoms with Crippen molar-refractivity contribution in [3.8, 4) is 0 Å². The zero-order valence-electron chi connectivity index (χ0n) is 12.2. The lowest BCUT2D eigenvalue weighted by Gasteiger charge is -2.27. The van der Waals surface area contributed by atoms with Gasteiger partial charge in [-0.05, 0) is 31.2 Å². The Morgan fingerprint density at radius 1 is 1.00 bits per heavy atom. The van der Waals surface area contributed by atoms with Gasteiger partial charge in [0.2, 0.25) is 10.0 Å². The molecule has 0 aromatic heterocycles. The molecule has 5 heteroatoms. The van der Waals surface area contributed by atoms with Gasteiger partial charge in [0.1, 0.15) is 0 Å². The first-order valence-electron chi connectivity index (χ1n) is 6.83. The van der Waals surface area contributed by atoms with Crippen LogP contribution in [0, 0.1) is 0 Å². The first-order valence-corrected chi connectivity index (χ1v) is 8.31. The number of para-hydroxylation sites is 1. The summed E-state index contributed by atoms with van der Waals surface area (Å²) in [5.41, 5.74) is 1.06. The van der Waals surface area contributed by atoms with E-state index in [4.69, 9.17) is 0 Å². The van der Waals surface area contributed by atoms with Gasteiger partial charge in [-0.2, -0.15) is 0 Å². The van der Waals surface area contributed by atoms with Crippen LogP contribution in [0.1, 0.15) is 6.92 Å². The average Bonchev–Trinajstić information content (AvgIpc) is 2.53. The number of rotatable bonds is 6. The molecule has 0 spiro atoms. The molecule has 0 aliphatic rings. The fraction of sp³-hybridized carbons (Fsp3) is 0.250. The van der Waals surface area contributed by atoms with Gasteiger partial charge in [0.25, 0.3) is 0 Å². The predicted octanol–water partition coefficient (Wildman–Crippen LogP) is 2.49. The monoisotopic (exact) mass is 304 g/mol. The van der Waals surface area contributed by atoms with Gasteiger partial charge < -0.3 is 4.90 Å². The van der Waals surface area contributed by atoms with Crippen LogP contribution < -0.4 is 9.62 Å². The minimum absolute atomic E-state index is 0.0471. The first-order chi connectivity index (χ1) is 10.0. The molecule has 0 saturated carbocycles. The van der Waals surface area contributed by atoms with Crippen LogP contribution in [0.25, 0.3) is 0 Å². The number of benzene rings is 2.